The van der Waals surface area contributed by atoms with Gasteiger partial charge in [-0.05, 0) is 25.6 Å². The van der Waals surface area contributed by atoms with Gasteiger partial charge in [-0.1, -0.05) is 39.3 Å². The van der Waals surface area contributed by atoms with Gasteiger partial charge in [-0.3, -0.25) is 4.90 Å². The van der Waals surface area contributed by atoms with Gasteiger partial charge in [-0.2, -0.15) is 0 Å². The summed E-state index contributed by atoms with van der Waals surface area (Å²) in [5, 5.41) is 4.02. The lowest BCUT2D eigenvalue weighted by atomic mass is 10.1. The molecule has 1 aromatic carbocycles. The van der Waals surface area contributed by atoms with E-state index in [0.717, 1.165) is 15.9 Å². The van der Waals surface area contributed by atoms with E-state index in [9.17, 15) is 0 Å². The van der Waals surface area contributed by atoms with Crippen molar-refractivity contribution in [2.75, 3.05) is 13.6 Å². The molecule has 0 bridgehead atoms. The van der Waals surface area contributed by atoms with Crippen LogP contribution in [0.4, 0.5) is 0 Å². The first-order chi connectivity index (χ1) is 9.11. The van der Waals surface area contributed by atoms with Crippen LogP contribution in [0.3, 0.4) is 0 Å². The smallest absolute Gasteiger partial charge is 0.133 e. The van der Waals surface area contributed by atoms with Crippen LogP contribution in [-0.4, -0.2) is 23.6 Å². The first kappa shape index (κ1) is 14.2. The number of benzene rings is 1. The van der Waals surface area contributed by atoms with Gasteiger partial charge in [0.15, 0.2) is 0 Å². The molecule has 0 radical (unpaired) electrons. The van der Waals surface area contributed by atoms with E-state index < -0.39 is 0 Å². The number of likely N-dealkylation sites (N-methyl/N-ethyl adjacent to an activating group) is 1. The van der Waals surface area contributed by atoms with E-state index in [2.05, 4.69) is 32.1 Å². The molecule has 1 heterocycles. The van der Waals surface area contributed by atoms with Crippen molar-refractivity contribution in [3.8, 4) is 0 Å². The fourth-order valence-corrected chi connectivity index (χ4v) is 2.70. The van der Waals surface area contributed by atoms with Crippen molar-refractivity contribution in [3.63, 3.8) is 0 Å². The van der Waals surface area contributed by atoms with Gasteiger partial charge < -0.3 is 10.3 Å². The quantitative estimate of drug-likeness (QED) is 0.919. The minimum atomic E-state index is 0.146. The summed E-state index contributed by atoms with van der Waals surface area (Å²) in [6.07, 6.45) is 0. The van der Waals surface area contributed by atoms with Crippen LogP contribution in [0.2, 0.25) is 0 Å². The van der Waals surface area contributed by atoms with Gasteiger partial charge in [0.05, 0.1) is 5.69 Å². The maximum Gasteiger partial charge on any atom is 0.133 e. The molecule has 102 valence electrons. The summed E-state index contributed by atoms with van der Waals surface area (Å²) in [5.74, 6) is 0.827. The zero-order valence-electron chi connectivity index (χ0n) is 11.1. The highest BCUT2D eigenvalue weighted by Gasteiger charge is 2.18. The predicted octanol–water partition coefficient (Wildman–Crippen LogP) is 2.88. The van der Waals surface area contributed by atoms with Crippen molar-refractivity contribution < 1.29 is 4.52 Å². The Labute approximate surface area is 121 Å². The second-order valence-electron chi connectivity index (χ2n) is 4.62. The Morgan fingerprint density at radius 1 is 1.42 bits per heavy atom. The SMILES string of the molecule is Cc1cc(CN(C)C(CN)c2ccccc2Br)no1. The van der Waals surface area contributed by atoms with Crippen molar-refractivity contribution in [3.05, 3.63) is 51.8 Å². The Hall–Kier alpha value is -1.17. The number of nitrogens with zero attached hydrogens (tertiary/aromatic N) is 2. The van der Waals surface area contributed by atoms with Crippen molar-refractivity contribution in [2.24, 2.45) is 5.73 Å². The van der Waals surface area contributed by atoms with Gasteiger partial charge in [0, 0.05) is 29.7 Å². The van der Waals surface area contributed by atoms with Gasteiger partial charge in [0.25, 0.3) is 0 Å². The Morgan fingerprint density at radius 3 is 2.74 bits per heavy atom. The van der Waals surface area contributed by atoms with E-state index in [1.807, 2.05) is 38.2 Å². The number of hydrogen-bond acceptors (Lipinski definition) is 4. The zero-order valence-corrected chi connectivity index (χ0v) is 12.7. The summed E-state index contributed by atoms with van der Waals surface area (Å²) >= 11 is 3.58. The molecule has 0 amide bonds. The standard InChI is InChI=1S/C14H18BrN3O/c1-10-7-11(17-19-10)9-18(2)14(8-16)12-5-3-4-6-13(12)15/h3-7,14H,8-9,16H2,1-2H3. The Morgan fingerprint density at radius 2 is 2.16 bits per heavy atom. The van der Waals surface area contributed by atoms with Crippen LogP contribution in [0.1, 0.15) is 23.1 Å². The zero-order chi connectivity index (χ0) is 13.8. The van der Waals surface area contributed by atoms with Gasteiger partial charge in [-0.25, -0.2) is 0 Å². The molecule has 2 rings (SSSR count). The first-order valence-corrected chi connectivity index (χ1v) is 6.98. The highest BCUT2D eigenvalue weighted by Crippen LogP contribution is 2.27. The molecule has 2 aromatic rings. The monoisotopic (exact) mass is 323 g/mol. The maximum atomic E-state index is 5.93. The molecule has 4 nitrogen and oxygen atoms in total. The van der Waals surface area contributed by atoms with Crippen LogP contribution >= 0.6 is 15.9 Å². The Kier molecular flexibility index (Phi) is 4.74. The van der Waals surface area contributed by atoms with Crippen molar-refractivity contribution in [1.29, 1.82) is 0 Å². The van der Waals surface area contributed by atoms with Gasteiger partial charge in [0.1, 0.15) is 5.76 Å². The molecule has 1 aromatic heterocycles. The van der Waals surface area contributed by atoms with E-state index in [1.165, 1.54) is 5.56 Å². The predicted molar refractivity (Wildman–Crippen MR) is 78.6 cm³/mol. The Balaban J connectivity index is 2.15. The molecule has 0 aliphatic heterocycles. The number of aromatic nitrogens is 1. The normalized spacial score (nSPS) is 12.9. The average Bonchev–Trinajstić information content (AvgIpc) is 2.78. The lowest BCUT2D eigenvalue weighted by molar-refractivity contribution is 0.233. The molecule has 0 spiro atoms. The maximum absolute atomic E-state index is 5.93. The summed E-state index contributed by atoms with van der Waals surface area (Å²) in [6.45, 7) is 3.15. The molecule has 0 aliphatic rings. The van der Waals surface area contributed by atoms with Crippen LogP contribution in [0.25, 0.3) is 0 Å². The summed E-state index contributed by atoms with van der Waals surface area (Å²) in [6, 6.07) is 10.2. The molecular weight excluding hydrogens is 306 g/mol. The number of nitrogens with two attached hydrogens (primary N) is 1. The van der Waals surface area contributed by atoms with Crippen LogP contribution in [0, 0.1) is 6.92 Å². The first-order valence-electron chi connectivity index (χ1n) is 6.18. The average molecular weight is 324 g/mol. The third-order valence-electron chi connectivity index (χ3n) is 3.11. The molecule has 5 heteroatoms. The van der Waals surface area contributed by atoms with Crippen molar-refractivity contribution in [1.82, 2.24) is 10.1 Å². The number of hydrogen-bond donors (Lipinski definition) is 1. The molecule has 19 heavy (non-hydrogen) atoms. The second-order valence-corrected chi connectivity index (χ2v) is 5.47. The van der Waals surface area contributed by atoms with E-state index >= 15 is 0 Å². The number of rotatable bonds is 5. The van der Waals surface area contributed by atoms with Crippen LogP contribution in [0.5, 0.6) is 0 Å². The fourth-order valence-electron chi connectivity index (χ4n) is 2.15. The van der Waals surface area contributed by atoms with Crippen molar-refractivity contribution in [2.45, 2.75) is 19.5 Å². The van der Waals surface area contributed by atoms with Crippen LogP contribution < -0.4 is 5.73 Å². The third-order valence-corrected chi connectivity index (χ3v) is 3.83. The minimum Gasteiger partial charge on any atom is -0.361 e. The summed E-state index contributed by atoms with van der Waals surface area (Å²) in [5.41, 5.74) is 8.04. The van der Waals surface area contributed by atoms with Crippen LogP contribution in [-0.2, 0) is 6.54 Å². The van der Waals surface area contributed by atoms with Gasteiger partial charge in [-0.15, -0.1) is 0 Å². The molecule has 0 fully saturated rings. The van der Waals surface area contributed by atoms with Crippen LogP contribution in [0.15, 0.2) is 39.3 Å². The molecule has 0 aliphatic carbocycles. The van der Waals surface area contributed by atoms with E-state index in [4.69, 9.17) is 10.3 Å². The molecule has 0 saturated heterocycles. The summed E-state index contributed by atoms with van der Waals surface area (Å²) in [7, 11) is 2.04. The highest BCUT2D eigenvalue weighted by molar-refractivity contribution is 9.10. The topological polar surface area (TPSA) is 55.3 Å². The molecule has 1 atom stereocenters. The second kappa shape index (κ2) is 6.32. The molecule has 0 saturated carbocycles. The number of aryl methyl sites for hydroxylation is 1. The van der Waals surface area contributed by atoms with Crippen molar-refractivity contribution >= 4 is 15.9 Å². The largest absolute Gasteiger partial charge is 0.361 e. The third kappa shape index (κ3) is 3.43. The molecule has 1 unspecified atom stereocenters. The lowest BCUT2D eigenvalue weighted by Crippen LogP contribution is -2.30. The lowest BCUT2D eigenvalue weighted by Gasteiger charge is -2.27. The summed E-state index contributed by atoms with van der Waals surface area (Å²) in [4.78, 5) is 2.18. The van der Waals surface area contributed by atoms with Gasteiger partial charge in [0.2, 0.25) is 0 Å². The Bertz CT molecular complexity index is 541. The van der Waals surface area contributed by atoms with E-state index in [-0.39, 0.29) is 6.04 Å². The van der Waals surface area contributed by atoms with Gasteiger partial charge >= 0.3 is 0 Å². The molecular formula is C14H18BrN3O. The minimum absolute atomic E-state index is 0.146. The van der Waals surface area contributed by atoms with E-state index in [0.29, 0.717) is 13.1 Å². The van der Waals surface area contributed by atoms with E-state index in [1.54, 1.807) is 0 Å². The molecule has 2 N–H and O–H groups in total. The fraction of sp³-hybridized carbons (Fsp3) is 0.357. The highest BCUT2D eigenvalue weighted by atomic mass is 79.9. The number of halogens is 1. The summed E-state index contributed by atoms with van der Waals surface area (Å²) < 4.78 is 6.17.